The molecule has 1 aromatic rings. The molecule has 0 unspecified atom stereocenters. The van der Waals surface area contributed by atoms with E-state index in [1.165, 1.54) is 13.2 Å². The van der Waals surface area contributed by atoms with Gasteiger partial charge in [-0.25, -0.2) is 0 Å². The third-order valence-corrected chi connectivity index (χ3v) is 1.76. The fraction of sp³-hybridized carbons (Fsp3) is 0.250. The first-order chi connectivity index (χ1) is 5.93. The van der Waals surface area contributed by atoms with Crippen LogP contribution in [0.5, 0.6) is 5.75 Å². The smallest absolute Gasteiger partial charge is 0.416 e. The van der Waals surface area contributed by atoms with Crippen LogP contribution in [0.3, 0.4) is 0 Å². The van der Waals surface area contributed by atoms with Crippen molar-refractivity contribution in [2.75, 3.05) is 7.11 Å². The number of methoxy groups -OCH3 is 1. The minimum absolute atomic E-state index is 0.180. The predicted molar refractivity (Wildman–Crippen MR) is 43.4 cm³/mol. The van der Waals surface area contributed by atoms with Crippen LogP contribution in [-0.4, -0.2) is 17.4 Å². The van der Waals surface area contributed by atoms with Crippen molar-refractivity contribution in [2.24, 2.45) is 0 Å². The summed E-state index contributed by atoms with van der Waals surface area (Å²) in [5.74, 6) is 0.180. The van der Waals surface area contributed by atoms with Crippen LogP contribution in [0.4, 0.5) is 13.2 Å². The van der Waals surface area contributed by atoms with Crippen molar-refractivity contribution < 1.29 is 17.9 Å². The summed E-state index contributed by atoms with van der Waals surface area (Å²) in [5.41, 5.74) is -0.725. The molecule has 1 rings (SSSR count). The lowest BCUT2D eigenvalue weighted by Crippen LogP contribution is -2.11. The first-order valence-corrected chi connectivity index (χ1v) is 3.91. The average molecular weight is 203 g/mol. The quantitative estimate of drug-likeness (QED) is 0.629. The Morgan fingerprint density at radius 1 is 1.23 bits per heavy atom. The molecule has 0 saturated carbocycles. The minimum atomic E-state index is -4.34. The number of halogens is 3. The van der Waals surface area contributed by atoms with Crippen LogP contribution in [-0.2, 0) is 6.18 Å². The van der Waals surface area contributed by atoms with E-state index in [-0.39, 0.29) is 5.75 Å². The van der Waals surface area contributed by atoms with Crippen LogP contribution < -0.4 is 9.92 Å². The second-order valence-electron chi connectivity index (χ2n) is 2.45. The minimum Gasteiger partial charge on any atom is -0.497 e. The van der Waals surface area contributed by atoms with Crippen molar-refractivity contribution in [1.82, 2.24) is 0 Å². The highest BCUT2D eigenvalue weighted by Gasteiger charge is 2.30. The maximum atomic E-state index is 12.2. The number of alkyl halides is 3. The summed E-state index contributed by atoms with van der Waals surface area (Å²) >= 11 is 0. The van der Waals surface area contributed by atoms with Gasteiger partial charge in [0.25, 0.3) is 0 Å². The summed E-state index contributed by atoms with van der Waals surface area (Å²) < 4.78 is 41.3. The molecule has 0 aliphatic rings. The fourth-order valence-corrected chi connectivity index (χ4v) is 1.18. The molecule has 0 aromatic heterocycles. The second kappa shape index (κ2) is 3.41. The third-order valence-electron chi connectivity index (χ3n) is 1.47. The van der Waals surface area contributed by atoms with Gasteiger partial charge in [-0.1, -0.05) is 11.3 Å². The van der Waals surface area contributed by atoms with E-state index in [1.807, 2.05) is 0 Å². The van der Waals surface area contributed by atoms with Crippen LogP contribution in [0.25, 0.3) is 0 Å². The molecule has 0 atom stereocenters. The van der Waals surface area contributed by atoms with E-state index in [0.717, 1.165) is 12.1 Å². The van der Waals surface area contributed by atoms with Gasteiger partial charge in [0.1, 0.15) is 5.75 Å². The lowest BCUT2D eigenvalue weighted by atomic mass is 10.2. The molecule has 13 heavy (non-hydrogen) atoms. The highest BCUT2D eigenvalue weighted by atomic mass is 28.1. The Kier molecular flexibility index (Phi) is 2.65. The summed E-state index contributed by atoms with van der Waals surface area (Å²) in [6.07, 6.45) is -4.34. The molecule has 0 bridgehead atoms. The normalized spacial score (nSPS) is 11.5. The van der Waals surface area contributed by atoms with Gasteiger partial charge >= 0.3 is 6.18 Å². The molecule has 69 valence electrons. The number of hydrogen-bond donors (Lipinski definition) is 0. The monoisotopic (exact) mass is 203 g/mol. The second-order valence-corrected chi connectivity index (χ2v) is 3.03. The summed E-state index contributed by atoms with van der Waals surface area (Å²) in [7, 11) is 4.34. The van der Waals surface area contributed by atoms with Crippen molar-refractivity contribution in [1.29, 1.82) is 0 Å². The maximum Gasteiger partial charge on any atom is 0.416 e. The molecule has 0 aliphatic heterocycles. The molecule has 0 N–H and O–H groups in total. The van der Waals surface area contributed by atoms with Crippen molar-refractivity contribution >= 4 is 15.4 Å². The molecule has 1 aromatic carbocycles. The Hall–Kier alpha value is -0.973. The largest absolute Gasteiger partial charge is 0.497 e. The number of hydrogen-bond acceptors (Lipinski definition) is 1. The topological polar surface area (TPSA) is 9.23 Å². The Morgan fingerprint density at radius 2 is 1.85 bits per heavy atom. The molecule has 0 amide bonds. The summed E-state index contributed by atoms with van der Waals surface area (Å²) in [5, 5.41) is 0.340. The Balaban J connectivity index is 3.16. The van der Waals surface area contributed by atoms with E-state index in [0.29, 0.717) is 5.19 Å². The molecule has 0 fully saturated rings. The van der Waals surface area contributed by atoms with Crippen LogP contribution >= 0.6 is 0 Å². The van der Waals surface area contributed by atoms with Gasteiger partial charge in [-0.2, -0.15) is 13.2 Å². The lowest BCUT2D eigenvalue weighted by molar-refractivity contribution is -0.137. The van der Waals surface area contributed by atoms with Gasteiger partial charge in [-0.15, -0.1) is 0 Å². The summed E-state index contributed by atoms with van der Waals surface area (Å²) in [4.78, 5) is 0. The van der Waals surface area contributed by atoms with Crippen molar-refractivity contribution in [2.45, 2.75) is 6.18 Å². The van der Waals surface area contributed by atoms with E-state index in [1.54, 1.807) is 0 Å². The predicted octanol–water partition coefficient (Wildman–Crippen LogP) is 1.51. The molecule has 3 radical (unpaired) electrons. The SMILES string of the molecule is COc1cc([Si])cc(C(F)(F)F)c1. The zero-order valence-electron chi connectivity index (χ0n) is 6.77. The first kappa shape index (κ1) is 10.1. The van der Waals surface area contributed by atoms with Crippen molar-refractivity contribution in [3.05, 3.63) is 23.8 Å². The third kappa shape index (κ3) is 2.48. The Labute approximate surface area is 76.9 Å². The van der Waals surface area contributed by atoms with Crippen LogP contribution in [0.2, 0.25) is 0 Å². The van der Waals surface area contributed by atoms with Gasteiger partial charge in [0.05, 0.1) is 22.9 Å². The number of rotatable bonds is 1. The molecule has 0 saturated heterocycles. The average Bonchev–Trinajstić information content (AvgIpc) is 2.01. The van der Waals surface area contributed by atoms with Gasteiger partial charge in [0.15, 0.2) is 0 Å². The fourth-order valence-electron chi connectivity index (χ4n) is 0.881. The van der Waals surface area contributed by atoms with E-state index < -0.39 is 11.7 Å². The molecule has 5 heteroatoms. The van der Waals surface area contributed by atoms with Gasteiger partial charge in [-0.3, -0.25) is 0 Å². The Morgan fingerprint density at radius 3 is 2.31 bits per heavy atom. The van der Waals surface area contributed by atoms with Crippen molar-refractivity contribution in [3.63, 3.8) is 0 Å². The van der Waals surface area contributed by atoms with Crippen LogP contribution in [0, 0.1) is 0 Å². The highest BCUT2D eigenvalue weighted by Crippen LogP contribution is 2.30. The molecule has 0 aliphatic carbocycles. The van der Waals surface area contributed by atoms with Crippen molar-refractivity contribution in [3.8, 4) is 5.75 Å². The number of benzene rings is 1. The van der Waals surface area contributed by atoms with Gasteiger partial charge in [-0.05, 0) is 12.1 Å². The molecule has 0 spiro atoms. The Bertz CT molecular complexity index is 309. The summed E-state index contributed by atoms with van der Waals surface area (Å²) in [6.45, 7) is 0. The number of ether oxygens (including phenoxy) is 1. The molecular formula is C8H6F3OSi. The van der Waals surface area contributed by atoms with E-state index in [2.05, 4.69) is 10.2 Å². The highest BCUT2D eigenvalue weighted by molar-refractivity contribution is 6.32. The van der Waals surface area contributed by atoms with E-state index in [9.17, 15) is 13.2 Å². The molecular weight excluding hydrogens is 197 g/mol. The standard InChI is InChI=1S/C8H6F3OSi/c1-12-6-2-5(8(9,10)11)3-7(13)4-6/h2-4H,1H3. The van der Waals surface area contributed by atoms with Crippen LogP contribution in [0.15, 0.2) is 18.2 Å². The van der Waals surface area contributed by atoms with Gasteiger partial charge in [0, 0.05) is 0 Å². The molecule has 1 nitrogen and oxygen atoms in total. The van der Waals surface area contributed by atoms with Gasteiger partial charge in [0.2, 0.25) is 0 Å². The maximum absolute atomic E-state index is 12.2. The zero-order valence-corrected chi connectivity index (χ0v) is 7.77. The van der Waals surface area contributed by atoms with Crippen LogP contribution in [0.1, 0.15) is 5.56 Å². The molecule has 0 heterocycles. The summed E-state index contributed by atoms with van der Waals surface area (Å²) in [6, 6.07) is 3.41. The van der Waals surface area contributed by atoms with E-state index in [4.69, 9.17) is 4.74 Å². The lowest BCUT2D eigenvalue weighted by Gasteiger charge is -2.09. The van der Waals surface area contributed by atoms with E-state index >= 15 is 0 Å². The zero-order chi connectivity index (χ0) is 10.1. The first-order valence-electron chi connectivity index (χ1n) is 3.41. The van der Waals surface area contributed by atoms with Gasteiger partial charge < -0.3 is 4.74 Å².